The molecule has 0 aromatic heterocycles. The van der Waals surface area contributed by atoms with E-state index < -0.39 is 0 Å². The highest BCUT2D eigenvalue weighted by Crippen LogP contribution is 2.21. The summed E-state index contributed by atoms with van der Waals surface area (Å²) in [5.41, 5.74) is 1.27. The van der Waals surface area contributed by atoms with Gasteiger partial charge in [-0.15, -0.1) is 0 Å². The first-order chi connectivity index (χ1) is 8.09. The Balaban J connectivity index is 2.17. The van der Waals surface area contributed by atoms with E-state index in [-0.39, 0.29) is 11.7 Å². The van der Waals surface area contributed by atoms with E-state index in [0.717, 1.165) is 26.2 Å². The van der Waals surface area contributed by atoms with E-state index in [9.17, 15) is 9.90 Å². The third kappa shape index (κ3) is 2.42. The molecule has 2 rings (SSSR count). The number of hydrogen-bond acceptors (Lipinski definition) is 3. The molecular formula is C13H18N2O2. The molecule has 4 heteroatoms. The number of hydrogen-bond donors (Lipinski definition) is 1. The SMILES string of the molecule is Cc1c(O)cccc1C(=O)N1CCN(C)CC1. The zero-order valence-electron chi connectivity index (χ0n) is 10.3. The Morgan fingerprint density at radius 3 is 2.53 bits per heavy atom. The van der Waals surface area contributed by atoms with Crippen LogP contribution in [0.2, 0.25) is 0 Å². The van der Waals surface area contributed by atoms with Gasteiger partial charge in [0, 0.05) is 37.3 Å². The van der Waals surface area contributed by atoms with E-state index >= 15 is 0 Å². The standard InChI is InChI=1S/C13H18N2O2/c1-10-11(4-3-5-12(10)16)13(17)15-8-6-14(2)7-9-15/h3-5,16H,6-9H2,1-2H3. The van der Waals surface area contributed by atoms with Crippen molar-refractivity contribution in [3.8, 4) is 5.75 Å². The molecule has 0 aliphatic carbocycles. The molecule has 0 atom stereocenters. The molecule has 4 nitrogen and oxygen atoms in total. The van der Waals surface area contributed by atoms with Gasteiger partial charge in [-0.05, 0) is 26.1 Å². The summed E-state index contributed by atoms with van der Waals surface area (Å²) in [7, 11) is 2.06. The number of phenols is 1. The lowest BCUT2D eigenvalue weighted by Crippen LogP contribution is -2.47. The minimum atomic E-state index is 0.0199. The van der Waals surface area contributed by atoms with E-state index in [1.165, 1.54) is 0 Å². The van der Waals surface area contributed by atoms with Crippen molar-refractivity contribution in [2.45, 2.75) is 6.92 Å². The average molecular weight is 234 g/mol. The van der Waals surface area contributed by atoms with E-state index in [2.05, 4.69) is 11.9 Å². The smallest absolute Gasteiger partial charge is 0.254 e. The van der Waals surface area contributed by atoms with Crippen molar-refractivity contribution >= 4 is 5.91 Å². The molecule has 1 aliphatic rings. The zero-order chi connectivity index (χ0) is 12.4. The maximum absolute atomic E-state index is 12.3. The van der Waals surface area contributed by atoms with Gasteiger partial charge in [0.05, 0.1) is 0 Å². The van der Waals surface area contributed by atoms with E-state index in [1.807, 2.05) is 4.90 Å². The Bertz CT molecular complexity index is 423. The van der Waals surface area contributed by atoms with Crippen molar-refractivity contribution in [2.75, 3.05) is 33.2 Å². The number of benzene rings is 1. The number of piperazine rings is 1. The number of rotatable bonds is 1. The summed E-state index contributed by atoms with van der Waals surface area (Å²) >= 11 is 0. The van der Waals surface area contributed by atoms with Gasteiger partial charge in [-0.2, -0.15) is 0 Å². The minimum absolute atomic E-state index is 0.0199. The summed E-state index contributed by atoms with van der Waals surface area (Å²) < 4.78 is 0. The minimum Gasteiger partial charge on any atom is -0.508 e. The van der Waals surface area contributed by atoms with E-state index in [0.29, 0.717) is 11.1 Å². The van der Waals surface area contributed by atoms with Gasteiger partial charge in [-0.1, -0.05) is 6.07 Å². The van der Waals surface area contributed by atoms with Crippen LogP contribution >= 0.6 is 0 Å². The first kappa shape index (κ1) is 11.9. The average Bonchev–Trinajstić information content (AvgIpc) is 2.33. The highest BCUT2D eigenvalue weighted by Gasteiger charge is 2.22. The van der Waals surface area contributed by atoms with Crippen LogP contribution in [-0.4, -0.2) is 54.0 Å². The lowest BCUT2D eigenvalue weighted by molar-refractivity contribution is 0.0663. The monoisotopic (exact) mass is 234 g/mol. The second-order valence-corrected chi connectivity index (χ2v) is 4.55. The lowest BCUT2D eigenvalue weighted by Gasteiger charge is -2.32. The molecule has 0 unspecified atom stereocenters. The van der Waals surface area contributed by atoms with Crippen LogP contribution < -0.4 is 0 Å². The van der Waals surface area contributed by atoms with Crippen molar-refractivity contribution < 1.29 is 9.90 Å². The highest BCUT2D eigenvalue weighted by molar-refractivity contribution is 5.96. The van der Waals surface area contributed by atoms with Gasteiger partial charge in [0.1, 0.15) is 5.75 Å². The molecule has 1 aliphatic heterocycles. The normalized spacial score (nSPS) is 17.2. The van der Waals surface area contributed by atoms with E-state index in [1.54, 1.807) is 25.1 Å². The second kappa shape index (κ2) is 4.75. The summed E-state index contributed by atoms with van der Waals surface area (Å²) in [4.78, 5) is 16.3. The Morgan fingerprint density at radius 1 is 1.24 bits per heavy atom. The van der Waals surface area contributed by atoms with Crippen molar-refractivity contribution in [3.63, 3.8) is 0 Å². The fourth-order valence-corrected chi connectivity index (χ4v) is 2.04. The molecule has 0 bridgehead atoms. The Morgan fingerprint density at radius 2 is 1.88 bits per heavy atom. The summed E-state index contributed by atoms with van der Waals surface area (Å²) in [6.07, 6.45) is 0. The number of nitrogens with zero attached hydrogens (tertiary/aromatic N) is 2. The Labute approximate surface area is 101 Å². The van der Waals surface area contributed by atoms with E-state index in [4.69, 9.17) is 0 Å². The molecule has 1 N–H and O–H groups in total. The van der Waals surface area contributed by atoms with Gasteiger partial charge in [0.2, 0.25) is 0 Å². The van der Waals surface area contributed by atoms with Crippen LogP contribution in [0.5, 0.6) is 5.75 Å². The van der Waals surface area contributed by atoms with Gasteiger partial charge < -0.3 is 14.9 Å². The summed E-state index contributed by atoms with van der Waals surface area (Å²) in [6, 6.07) is 5.09. The predicted molar refractivity (Wildman–Crippen MR) is 66.2 cm³/mol. The van der Waals surface area contributed by atoms with Gasteiger partial charge in [0.25, 0.3) is 5.91 Å². The van der Waals surface area contributed by atoms with Crippen LogP contribution in [0.3, 0.4) is 0 Å². The van der Waals surface area contributed by atoms with Crippen LogP contribution in [0.25, 0.3) is 0 Å². The number of likely N-dealkylation sites (N-methyl/N-ethyl adjacent to an activating group) is 1. The third-order valence-corrected chi connectivity index (χ3v) is 3.33. The molecular weight excluding hydrogens is 216 g/mol. The molecule has 1 aromatic rings. The zero-order valence-corrected chi connectivity index (χ0v) is 10.3. The quantitative estimate of drug-likeness (QED) is 0.791. The summed E-state index contributed by atoms with van der Waals surface area (Å²) in [6.45, 7) is 5.10. The molecule has 1 amide bonds. The third-order valence-electron chi connectivity index (χ3n) is 3.33. The lowest BCUT2D eigenvalue weighted by atomic mass is 10.1. The fraction of sp³-hybridized carbons (Fsp3) is 0.462. The van der Waals surface area contributed by atoms with Crippen LogP contribution in [0.1, 0.15) is 15.9 Å². The van der Waals surface area contributed by atoms with Crippen LogP contribution in [0.4, 0.5) is 0 Å². The fourth-order valence-electron chi connectivity index (χ4n) is 2.04. The molecule has 0 saturated carbocycles. The van der Waals surface area contributed by atoms with Crippen LogP contribution in [0, 0.1) is 6.92 Å². The maximum atomic E-state index is 12.3. The largest absolute Gasteiger partial charge is 0.508 e. The van der Waals surface area contributed by atoms with Crippen molar-refractivity contribution in [3.05, 3.63) is 29.3 Å². The van der Waals surface area contributed by atoms with Crippen molar-refractivity contribution in [2.24, 2.45) is 0 Å². The first-order valence-electron chi connectivity index (χ1n) is 5.86. The predicted octanol–water partition coefficient (Wildman–Crippen LogP) is 1.09. The summed E-state index contributed by atoms with van der Waals surface area (Å²) in [5.74, 6) is 0.205. The molecule has 0 spiro atoms. The topological polar surface area (TPSA) is 43.8 Å². The highest BCUT2D eigenvalue weighted by atomic mass is 16.3. The molecule has 1 saturated heterocycles. The van der Waals surface area contributed by atoms with Gasteiger partial charge in [-0.3, -0.25) is 4.79 Å². The number of amides is 1. The number of carbonyl (C=O) groups excluding carboxylic acids is 1. The molecule has 17 heavy (non-hydrogen) atoms. The van der Waals surface area contributed by atoms with Crippen LogP contribution in [-0.2, 0) is 0 Å². The molecule has 1 fully saturated rings. The Hall–Kier alpha value is -1.55. The number of carbonyl (C=O) groups is 1. The summed E-state index contributed by atoms with van der Waals surface area (Å²) in [5, 5.41) is 9.61. The first-order valence-corrected chi connectivity index (χ1v) is 5.86. The molecule has 0 radical (unpaired) electrons. The Kier molecular flexibility index (Phi) is 3.33. The molecule has 1 heterocycles. The van der Waals surface area contributed by atoms with Crippen LogP contribution in [0.15, 0.2) is 18.2 Å². The van der Waals surface area contributed by atoms with Crippen molar-refractivity contribution in [1.29, 1.82) is 0 Å². The van der Waals surface area contributed by atoms with Gasteiger partial charge in [0.15, 0.2) is 0 Å². The van der Waals surface area contributed by atoms with Gasteiger partial charge in [-0.25, -0.2) is 0 Å². The second-order valence-electron chi connectivity index (χ2n) is 4.55. The number of aromatic hydroxyl groups is 1. The van der Waals surface area contributed by atoms with Gasteiger partial charge >= 0.3 is 0 Å². The number of phenolic OH excluding ortho intramolecular Hbond substituents is 1. The maximum Gasteiger partial charge on any atom is 0.254 e. The molecule has 1 aromatic carbocycles. The molecule has 92 valence electrons. The van der Waals surface area contributed by atoms with Crippen molar-refractivity contribution in [1.82, 2.24) is 9.80 Å².